The largest absolute Gasteiger partial charge is 0.497 e. The lowest BCUT2D eigenvalue weighted by Gasteiger charge is -2.11. The van der Waals surface area contributed by atoms with E-state index in [2.05, 4.69) is 10.1 Å². The van der Waals surface area contributed by atoms with Crippen molar-refractivity contribution in [2.45, 2.75) is 0 Å². The molecule has 0 unspecified atom stereocenters. The third-order valence-electron chi connectivity index (χ3n) is 2.31. The average molecular weight is 283 g/mol. The third-order valence-corrected chi connectivity index (χ3v) is 2.31. The van der Waals surface area contributed by atoms with E-state index in [1.54, 1.807) is 18.2 Å². The lowest BCUT2D eigenvalue weighted by atomic mass is 10.2. The number of rotatable bonds is 7. The second-order valence-electron chi connectivity index (χ2n) is 3.71. The summed E-state index contributed by atoms with van der Waals surface area (Å²) in [5.41, 5.74) is 0.430. The van der Waals surface area contributed by atoms with Crippen LogP contribution >= 0.6 is 0 Å². The lowest BCUT2D eigenvalue weighted by molar-refractivity contribution is -0.150. The number of carbonyl (C=O) groups is 2. The van der Waals surface area contributed by atoms with Gasteiger partial charge >= 0.3 is 5.97 Å². The Balaban J connectivity index is 2.62. The number of anilines is 1. The van der Waals surface area contributed by atoms with E-state index in [9.17, 15) is 9.59 Å². The predicted octanol–water partition coefficient (Wildman–Crippen LogP) is 0.832. The van der Waals surface area contributed by atoms with Gasteiger partial charge in [-0.1, -0.05) is 0 Å². The molecule has 7 heteroatoms. The minimum absolute atomic E-state index is 0.199. The Bertz CT molecular complexity index is 474. The monoisotopic (exact) mass is 283 g/mol. The molecule has 7 nitrogen and oxygen atoms in total. The van der Waals surface area contributed by atoms with Gasteiger partial charge in [0, 0.05) is 13.2 Å². The van der Waals surface area contributed by atoms with Gasteiger partial charge in [-0.3, -0.25) is 4.79 Å². The standard InChI is InChI=1S/C13H17NO6/c1-17-8-13(16)20-7-12(15)14-10-6-9(18-2)4-5-11(10)19-3/h4-6H,7-8H2,1-3H3,(H,14,15). The first-order chi connectivity index (χ1) is 9.60. The van der Waals surface area contributed by atoms with E-state index in [0.29, 0.717) is 17.2 Å². The molecule has 0 saturated carbocycles. The Morgan fingerprint density at radius 1 is 1.10 bits per heavy atom. The molecule has 0 aliphatic carbocycles. The van der Waals surface area contributed by atoms with Crippen molar-refractivity contribution in [2.24, 2.45) is 0 Å². The summed E-state index contributed by atoms with van der Waals surface area (Å²) in [4.78, 5) is 22.7. The number of esters is 1. The normalized spacial score (nSPS) is 9.75. The zero-order valence-corrected chi connectivity index (χ0v) is 11.6. The summed E-state index contributed by atoms with van der Waals surface area (Å²) in [7, 11) is 4.36. The van der Waals surface area contributed by atoms with Crippen LogP contribution in [0, 0.1) is 0 Å². The molecule has 0 atom stereocenters. The van der Waals surface area contributed by atoms with Crippen molar-refractivity contribution >= 4 is 17.6 Å². The van der Waals surface area contributed by atoms with Crippen molar-refractivity contribution < 1.29 is 28.5 Å². The van der Waals surface area contributed by atoms with Crippen LogP contribution in [0.3, 0.4) is 0 Å². The average Bonchev–Trinajstić information content (AvgIpc) is 2.45. The second-order valence-corrected chi connectivity index (χ2v) is 3.71. The fraction of sp³-hybridized carbons (Fsp3) is 0.385. The summed E-state index contributed by atoms with van der Waals surface area (Å²) in [5, 5.41) is 2.57. The second kappa shape index (κ2) is 8.00. The first-order valence-electron chi connectivity index (χ1n) is 5.77. The SMILES string of the molecule is COCC(=O)OCC(=O)Nc1cc(OC)ccc1OC. The van der Waals surface area contributed by atoms with Crippen molar-refractivity contribution in [1.29, 1.82) is 0 Å². The smallest absolute Gasteiger partial charge is 0.332 e. The number of hydrogen-bond donors (Lipinski definition) is 1. The Morgan fingerprint density at radius 3 is 2.45 bits per heavy atom. The van der Waals surface area contributed by atoms with Crippen LogP contribution in [0.5, 0.6) is 11.5 Å². The molecule has 1 aromatic carbocycles. The molecule has 20 heavy (non-hydrogen) atoms. The van der Waals surface area contributed by atoms with Gasteiger partial charge in [0.15, 0.2) is 6.61 Å². The van der Waals surface area contributed by atoms with Crippen molar-refractivity contribution in [2.75, 3.05) is 39.9 Å². The van der Waals surface area contributed by atoms with E-state index in [4.69, 9.17) is 14.2 Å². The maximum Gasteiger partial charge on any atom is 0.332 e. The summed E-state index contributed by atoms with van der Waals surface area (Å²) in [6.45, 7) is -0.599. The van der Waals surface area contributed by atoms with Gasteiger partial charge in [0.05, 0.1) is 19.9 Å². The van der Waals surface area contributed by atoms with Gasteiger partial charge < -0.3 is 24.3 Å². The van der Waals surface area contributed by atoms with Crippen LogP contribution in [0.2, 0.25) is 0 Å². The molecule has 0 aliphatic rings. The molecule has 0 bridgehead atoms. The Hall–Kier alpha value is -2.28. The summed E-state index contributed by atoms with van der Waals surface area (Å²) < 4.78 is 19.4. The first-order valence-corrected chi connectivity index (χ1v) is 5.77. The lowest BCUT2D eigenvalue weighted by Crippen LogP contribution is -2.22. The minimum atomic E-state index is -0.611. The number of amides is 1. The molecule has 1 amide bonds. The molecule has 0 aromatic heterocycles. The number of hydrogen-bond acceptors (Lipinski definition) is 6. The van der Waals surface area contributed by atoms with Gasteiger partial charge in [0.1, 0.15) is 18.1 Å². The topological polar surface area (TPSA) is 83.1 Å². The predicted molar refractivity (Wildman–Crippen MR) is 71.0 cm³/mol. The molecule has 1 N–H and O–H groups in total. The molecule has 0 saturated heterocycles. The van der Waals surface area contributed by atoms with Crippen molar-refractivity contribution in [3.63, 3.8) is 0 Å². The number of benzene rings is 1. The molecular weight excluding hydrogens is 266 g/mol. The highest BCUT2D eigenvalue weighted by atomic mass is 16.6. The van der Waals surface area contributed by atoms with Gasteiger partial charge in [-0.2, -0.15) is 0 Å². The highest BCUT2D eigenvalue weighted by Crippen LogP contribution is 2.28. The number of ether oxygens (including phenoxy) is 4. The Labute approximate surface area is 116 Å². The van der Waals surface area contributed by atoms with Crippen LogP contribution in [-0.2, 0) is 19.1 Å². The summed E-state index contributed by atoms with van der Waals surface area (Å²) in [6, 6.07) is 4.96. The van der Waals surface area contributed by atoms with E-state index >= 15 is 0 Å². The van der Waals surface area contributed by atoms with Crippen LogP contribution in [0.4, 0.5) is 5.69 Å². The first kappa shape index (κ1) is 15.8. The molecule has 0 heterocycles. The van der Waals surface area contributed by atoms with E-state index in [-0.39, 0.29) is 6.61 Å². The number of methoxy groups -OCH3 is 3. The summed E-state index contributed by atoms with van der Waals surface area (Å²) in [6.07, 6.45) is 0. The van der Waals surface area contributed by atoms with E-state index in [1.165, 1.54) is 21.3 Å². The van der Waals surface area contributed by atoms with Crippen molar-refractivity contribution in [3.05, 3.63) is 18.2 Å². The van der Waals surface area contributed by atoms with E-state index < -0.39 is 18.5 Å². The maximum absolute atomic E-state index is 11.7. The molecule has 0 spiro atoms. The number of carbonyl (C=O) groups excluding carboxylic acids is 2. The van der Waals surface area contributed by atoms with Crippen molar-refractivity contribution in [3.8, 4) is 11.5 Å². The van der Waals surface area contributed by atoms with E-state index in [1.807, 2.05) is 0 Å². The van der Waals surface area contributed by atoms with Gasteiger partial charge in [-0.15, -0.1) is 0 Å². The molecule has 1 aromatic rings. The van der Waals surface area contributed by atoms with Crippen LogP contribution in [0.1, 0.15) is 0 Å². The number of nitrogens with one attached hydrogen (secondary N) is 1. The zero-order chi connectivity index (χ0) is 15.0. The van der Waals surface area contributed by atoms with Crippen LogP contribution in [0.15, 0.2) is 18.2 Å². The fourth-order valence-electron chi connectivity index (χ4n) is 1.40. The fourth-order valence-corrected chi connectivity index (χ4v) is 1.40. The van der Waals surface area contributed by atoms with Crippen LogP contribution in [-0.4, -0.2) is 46.4 Å². The zero-order valence-electron chi connectivity index (χ0n) is 11.6. The molecule has 1 rings (SSSR count). The summed E-state index contributed by atoms with van der Waals surface area (Å²) in [5.74, 6) is -0.0545. The van der Waals surface area contributed by atoms with E-state index in [0.717, 1.165) is 0 Å². The molecule has 0 radical (unpaired) electrons. The highest BCUT2D eigenvalue weighted by molar-refractivity contribution is 5.94. The summed E-state index contributed by atoms with van der Waals surface area (Å²) >= 11 is 0. The van der Waals surface area contributed by atoms with Gasteiger partial charge in [0.25, 0.3) is 5.91 Å². The molecule has 0 fully saturated rings. The highest BCUT2D eigenvalue weighted by Gasteiger charge is 2.11. The van der Waals surface area contributed by atoms with Gasteiger partial charge in [-0.25, -0.2) is 4.79 Å². The van der Waals surface area contributed by atoms with Crippen molar-refractivity contribution in [1.82, 2.24) is 0 Å². The minimum Gasteiger partial charge on any atom is -0.497 e. The third kappa shape index (κ3) is 4.77. The molecule has 0 aliphatic heterocycles. The van der Waals surface area contributed by atoms with Gasteiger partial charge in [0.2, 0.25) is 0 Å². The Kier molecular flexibility index (Phi) is 6.31. The van der Waals surface area contributed by atoms with Crippen LogP contribution in [0.25, 0.3) is 0 Å². The molecule has 110 valence electrons. The van der Waals surface area contributed by atoms with Gasteiger partial charge in [-0.05, 0) is 12.1 Å². The maximum atomic E-state index is 11.7. The quantitative estimate of drug-likeness (QED) is 0.746. The Morgan fingerprint density at radius 2 is 1.85 bits per heavy atom. The van der Waals surface area contributed by atoms with Crippen LogP contribution < -0.4 is 14.8 Å². The molecular formula is C13H17NO6.